The van der Waals surface area contributed by atoms with E-state index in [0.717, 1.165) is 11.3 Å². The molecule has 0 aliphatic rings. The minimum absolute atomic E-state index is 0.478. The molecule has 2 heteroatoms. The normalized spacial score (nSPS) is 9.69. The fourth-order valence-corrected chi connectivity index (χ4v) is 0.879. The monoisotopic (exact) mass is 177 g/mol. The van der Waals surface area contributed by atoms with Crippen molar-refractivity contribution in [1.82, 2.24) is 0 Å². The van der Waals surface area contributed by atoms with E-state index in [1.54, 1.807) is 0 Å². The average molecular weight is 177 g/mol. The Hall–Kier alpha value is -1.28. The predicted molar refractivity (Wildman–Crippen MR) is 54.9 cm³/mol. The van der Waals surface area contributed by atoms with Crippen LogP contribution in [-0.2, 0) is 0 Å². The van der Waals surface area contributed by atoms with Crippen molar-refractivity contribution in [2.24, 2.45) is 5.73 Å². The molecule has 2 nitrogen and oxygen atoms in total. The molecule has 1 rings (SSSR count). The first-order chi connectivity index (χ1) is 6.22. The molecule has 0 heterocycles. The van der Waals surface area contributed by atoms with Crippen LogP contribution in [0, 0.1) is 6.92 Å². The number of hydrogen-bond acceptors (Lipinski definition) is 2. The van der Waals surface area contributed by atoms with Crippen molar-refractivity contribution < 1.29 is 4.74 Å². The highest BCUT2D eigenvalue weighted by Crippen LogP contribution is 2.11. The van der Waals surface area contributed by atoms with E-state index in [1.807, 2.05) is 31.2 Å². The van der Waals surface area contributed by atoms with E-state index in [1.165, 1.54) is 5.56 Å². The second-order valence-corrected chi connectivity index (χ2v) is 3.06. The topological polar surface area (TPSA) is 35.2 Å². The van der Waals surface area contributed by atoms with Crippen LogP contribution in [-0.4, -0.2) is 13.2 Å². The zero-order valence-corrected chi connectivity index (χ0v) is 7.92. The first-order valence-corrected chi connectivity index (χ1v) is 4.28. The lowest BCUT2D eigenvalue weighted by atomic mass is 10.2. The molecule has 13 heavy (non-hydrogen) atoms. The average Bonchev–Trinajstić information content (AvgIpc) is 2.16. The van der Waals surface area contributed by atoms with Crippen LogP contribution in [0.15, 0.2) is 36.4 Å². The summed E-state index contributed by atoms with van der Waals surface area (Å²) in [4.78, 5) is 0. The number of hydrogen-bond donors (Lipinski definition) is 1. The largest absolute Gasteiger partial charge is 0.489 e. The molecule has 0 aromatic heterocycles. The molecule has 1 aromatic carbocycles. The van der Waals surface area contributed by atoms with Gasteiger partial charge in [-0.15, -0.1) is 0 Å². The molecule has 0 saturated heterocycles. The summed E-state index contributed by atoms with van der Waals surface area (Å²) in [6.45, 7) is 6.78. The Morgan fingerprint density at radius 1 is 1.38 bits per heavy atom. The molecule has 0 spiro atoms. The first kappa shape index (κ1) is 9.81. The van der Waals surface area contributed by atoms with Gasteiger partial charge in [0.15, 0.2) is 0 Å². The van der Waals surface area contributed by atoms with Gasteiger partial charge in [-0.25, -0.2) is 0 Å². The third-order valence-corrected chi connectivity index (χ3v) is 1.75. The van der Waals surface area contributed by atoms with Gasteiger partial charge in [-0.1, -0.05) is 24.3 Å². The Bertz CT molecular complexity index is 277. The van der Waals surface area contributed by atoms with E-state index in [4.69, 9.17) is 10.5 Å². The zero-order chi connectivity index (χ0) is 9.68. The molecule has 0 aliphatic carbocycles. The van der Waals surface area contributed by atoms with Crippen LogP contribution in [0.5, 0.6) is 5.75 Å². The number of aryl methyl sites for hydroxylation is 1. The van der Waals surface area contributed by atoms with Crippen molar-refractivity contribution in [1.29, 1.82) is 0 Å². The summed E-state index contributed by atoms with van der Waals surface area (Å²) >= 11 is 0. The summed E-state index contributed by atoms with van der Waals surface area (Å²) in [5.41, 5.74) is 7.51. The van der Waals surface area contributed by atoms with Gasteiger partial charge < -0.3 is 10.5 Å². The first-order valence-electron chi connectivity index (χ1n) is 4.28. The lowest BCUT2D eigenvalue weighted by Gasteiger charge is -2.06. The van der Waals surface area contributed by atoms with Gasteiger partial charge in [-0.3, -0.25) is 0 Å². The van der Waals surface area contributed by atoms with E-state index in [9.17, 15) is 0 Å². The maximum absolute atomic E-state index is 5.43. The summed E-state index contributed by atoms with van der Waals surface area (Å²) < 4.78 is 5.43. The second kappa shape index (κ2) is 4.67. The van der Waals surface area contributed by atoms with Crippen molar-refractivity contribution in [2.45, 2.75) is 6.92 Å². The number of benzene rings is 1. The molecule has 1 aromatic rings. The molecule has 0 aliphatic heterocycles. The minimum Gasteiger partial charge on any atom is -0.489 e. The van der Waals surface area contributed by atoms with E-state index in [2.05, 4.69) is 6.58 Å². The quantitative estimate of drug-likeness (QED) is 0.713. The smallest absolute Gasteiger partial charge is 0.119 e. The Morgan fingerprint density at radius 3 is 2.54 bits per heavy atom. The number of rotatable bonds is 4. The molecule has 0 atom stereocenters. The van der Waals surface area contributed by atoms with Crippen LogP contribution in [0.1, 0.15) is 5.56 Å². The van der Waals surface area contributed by atoms with E-state index >= 15 is 0 Å². The molecular weight excluding hydrogens is 162 g/mol. The van der Waals surface area contributed by atoms with E-state index < -0.39 is 0 Å². The SMILES string of the molecule is C=C(CN)COc1ccc(C)cc1. The van der Waals surface area contributed by atoms with Gasteiger partial charge >= 0.3 is 0 Å². The molecule has 0 unspecified atom stereocenters. The summed E-state index contributed by atoms with van der Waals surface area (Å²) in [5, 5.41) is 0. The fourth-order valence-electron chi connectivity index (χ4n) is 0.879. The summed E-state index contributed by atoms with van der Waals surface area (Å²) in [6, 6.07) is 7.92. The minimum atomic E-state index is 0.478. The van der Waals surface area contributed by atoms with Crippen LogP contribution in [0.4, 0.5) is 0 Å². The zero-order valence-electron chi connectivity index (χ0n) is 7.92. The molecule has 70 valence electrons. The summed E-state index contributed by atoms with van der Waals surface area (Å²) in [5.74, 6) is 0.861. The van der Waals surface area contributed by atoms with Crippen molar-refractivity contribution in [2.75, 3.05) is 13.2 Å². The second-order valence-electron chi connectivity index (χ2n) is 3.06. The summed E-state index contributed by atoms with van der Waals surface area (Å²) in [7, 11) is 0. The number of nitrogens with two attached hydrogens (primary N) is 1. The van der Waals surface area contributed by atoms with Crippen LogP contribution < -0.4 is 10.5 Å². The van der Waals surface area contributed by atoms with Gasteiger partial charge in [0.05, 0.1) is 0 Å². The molecule has 0 bridgehead atoms. The predicted octanol–water partition coefficient (Wildman–Crippen LogP) is 1.89. The lowest BCUT2D eigenvalue weighted by molar-refractivity contribution is 0.351. The Labute approximate surface area is 79.0 Å². The lowest BCUT2D eigenvalue weighted by Crippen LogP contribution is -2.09. The third-order valence-electron chi connectivity index (χ3n) is 1.75. The summed E-state index contributed by atoms with van der Waals surface area (Å²) in [6.07, 6.45) is 0. The standard InChI is InChI=1S/C11H15NO/c1-9-3-5-11(6-4-9)13-8-10(2)7-12/h3-6H,2,7-8,12H2,1H3. The maximum atomic E-state index is 5.43. The van der Waals surface area contributed by atoms with Crippen molar-refractivity contribution >= 4 is 0 Å². The van der Waals surface area contributed by atoms with Crippen LogP contribution >= 0.6 is 0 Å². The Balaban J connectivity index is 2.46. The molecule has 0 fully saturated rings. The molecule has 0 amide bonds. The van der Waals surface area contributed by atoms with Crippen LogP contribution in [0.3, 0.4) is 0 Å². The third kappa shape index (κ3) is 3.30. The molecule has 0 radical (unpaired) electrons. The Kier molecular flexibility index (Phi) is 3.53. The molecule has 2 N–H and O–H groups in total. The highest BCUT2D eigenvalue weighted by molar-refractivity contribution is 5.26. The van der Waals surface area contributed by atoms with E-state index in [-0.39, 0.29) is 0 Å². The van der Waals surface area contributed by atoms with Crippen molar-refractivity contribution in [3.63, 3.8) is 0 Å². The van der Waals surface area contributed by atoms with Gasteiger partial charge in [0.25, 0.3) is 0 Å². The Morgan fingerprint density at radius 2 is 2.00 bits per heavy atom. The van der Waals surface area contributed by atoms with Gasteiger partial charge in [-0.2, -0.15) is 0 Å². The molecule has 0 saturated carbocycles. The van der Waals surface area contributed by atoms with Gasteiger partial charge in [-0.05, 0) is 24.6 Å². The van der Waals surface area contributed by atoms with E-state index in [0.29, 0.717) is 13.2 Å². The molecular formula is C11H15NO. The van der Waals surface area contributed by atoms with Crippen molar-refractivity contribution in [3.05, 3.63) is 42.0 Å². The van der Waals surface area contributed by atoms with Gasteiger partial charge in [0, 0.05) is 6.54 Å². The van der Waals surface area contributed by atoms with Gasteiger partial charge in [0.1, 0.15) is 12.4 Å². The number of ether oxygens (including phenoxy) is 1. The van der Waals surface area contributed by atoms with Gasteiger partial charge in [0.2, 0.25) is 0 Å². The highest BCUT2D eigenvalue weighted by Gasteiger charge is 1.94. The highest BCUT2D eigenvalue weighted by atomic mass is 16.5. The van der Waals surface area contributed by atoms with Crippen molar-refractivity contribution in [3.8, 4) is 5.75 Å². The fraction of sp³-hybridized carbons (Fsp3) is 0.273. The van der Waals surface area contributed by atoms with Crippen LogP contribution in [0.25, 0.3) is 0 Å². The van der Waals surface area contributed by atoms with Crippen LogP contribution in [0.2, 0.25) is 0 Å². The maximum Gasteiger partial charge on any atom is 0.119 e.